The number of unbranched alkanes of at least 4 members (excludes halogenated alkanes) is 20. The molecule has 0 aliphatic rings. The van der Waals surface area contributed by atoms with Gasteiger partial charge in [-0.2, -0.15) is 8.42 Å². The molecule has 0 saturated heterocycles. The van der Waals surface area contributed by atoms with Crippen molar-refractivity contribution in [3.05, 3.63) is 47.5 Å². The van der Waals surface area contributed by atoms with E-state index in [1.165, 1.54) is 165 Å². The van der Waals surface area contributed by atoms with Gasteiger partial charge in [-0.1, -0.05) is 179 Å². The summed E-state index contributed by atoms with van der Waals surface area (Å²) in [5.41, 5.74) is 3.30. The van der Waals surface area contributed by atoms with Crippen molar-refractivity contribution in [2.75, 3.05) is 0 Å². The second-order valence-electron chi connectivity index (χ2n) is 11.9. The summed E-state index contributed by atoms with van der Waals surface area (Å²) in [5.74, 6) is 0. The van der Waals surface area contributed by atoms with Crippen LogP contribution in [0.1, 0.15) is 166 Å². The lowest BCUT2D eigenvalue weighted by atomic mass is 9.91. The molecule has 4 nitrogen and oxygen atoms in total. The zero-order valence-corrected chi connectivity index (χ0v) is 27.4. The van der Waals surface area contributed by atoms with Crippen LogP contribution in [0.3, 0.4) is 0 Å². The Kier molecular flexibility index (Phi) is 23.0. The van der Waals surface area contributed by atoms with Crippen LogP contribution in [0.4, 0.5) is 0 Å². The van der Waals surface area contributed by atoms with Crippen LogP contribution in [0, 0.1) is 0 Å². The van der Waals surface area contributed by atoms with E-state index >= 15 is 0 Å². The fourth-order valence-electron chi connectivity index (χ4n) is 5.86. The van der Waals surface area contributed by atoms with Crippen LogP contribution in [0.15, 0.2) is 36.4 Å². The minimum atomic E-state index is -4.67. The van der Waals surface area contributed by atoms with Crippen LogP contribution in [0.2, 0.25) is 0 Å². The highest BCUT2D eigenvalue weighted by atomic mass is 32.3. The molecule has 2 aromatic rings. The van der Waals surface area contributed by atoms with Gasteiger partial charge in [-0.25, -0.2) is 0 Å². The molecule has 0 bridgehead atoms. The summed E-state index contributed by atoms with van der Waals surface area (Å²) in [4.78, 5) is 0. The van der Waals surface area contributed by atoms with Crippen molar-refractivity contribution in [1.29, 1.82) is 0 Å². The average Bonchev–Trinajstić information content (AvgIpc) is 2.94. The van der Waals surface area contributed by atoms with Crippen molar-refractivity contribution in [3.63, 3.8) is 0 Å². The molecular formula is C36H62O4S. The van der Waals surface area contributed by atoms with Crippen molar-refractivity contribution in [2.45, 2.75) is 168 Å². The number of benzene rings is 2. The van der Waals surface area contributed by atoms with E-state index < -0.39 is 10.4 Å². The first-order valence-electron chi connectivity index (χ1n) is 17.1. The van der Waals surface area contributed by atoms with Crippen LogP contribution >= 0.6 is 0 Å². The number of fused-ring (bicyclic) bond motifs is 1. The largest absolute Gasteiger partial charge is 0.394 e. The van der Waals surface area contributed by atoms with Gasteiger partial charge in [0.15, 0.2) is 0 Å². The predicted molar refractivity (Wildman–Crippen MR) is 178 cm³/mol. The van der Waals surface area contributed by atoms with Gasteiger partial charge in [0, 0.05) is 0 Å². The van der Waals surface area contributed by atoms with E-state index in [0.717, 1.165) is 0 Å². The second kappa shape index (κ2) is 25.1. The molecule has 2 N–H and O–H groups in total. The zero-order chi connectivity index (χ0) is 30.0. The first-order chi connectivity index (χ1) is 19.9. The molecule has 0 radical (unpaired) electrons. The third-order valence-corrected chi connectivity index (χ3v) is 8.22. The van der Waals surface area contributed by atoms with Crippen molar-refractivity contribution >= 4 is 21.2 Å². The van der Waals surface area contributed by atoms with Gasteiger partial charge in [-0.05, 0) is 47.6 Å². The summed E-state index contributed by atoms with van der Waals surface area (Å²) in [6, 6.07) is 13.9. The summed E-state index contributed by atoms with van der Waals surface area (Å²) in [6.07, 6.45) is 33.9. The van der Waals surface area contributed by atoms with Gasteiger partial charge >= 0.3 is 10.4 Å². The van der Waals surface area contributed by atoms with Crippen molar-refractivity contribution < 1.29 is 17.5 Å². The van der Waals surface area contributed by atoms with E-state index in [1.807, 2.05) is 0 Å². The number of hydrogen-bond donors (Lipinski definition) is 2. The Bertz CT molecular complexity index is 978. The first kappa shape index (κ1) is 37.6. The minimum Gasteiger partial charge on any atom is -0.264 e. The Morgan fingerprint density at radius 2 is 0.854 bits per heavy atom. The molecule has 0 spiro atoms. The molecule has 236 valence electrons. The molecule has 0 fully saturated rings. The quantitative estimate of drug-likeness (QED) is 0.0941. The lowest BCUT2D eigenvalue weighted by molar-refractivity contribution is 0.381. The lowest BCUT2D eigenvalue weighted by Crippen LogP contribution is -1.97. The van der Waals surface area contributed by atoms with Crippen LogP contribution in [0.5, 0.6) is 0 Å². The molecule has 0 aromatic heterocycles. The number of aryl methyl sites for hydroxylation is 2. The van der Waals surface area contributed by atoms with E-state index in [4.69, 9.17) is 17.5 Å². The SMILES string of the molecule is CCCCCCCCCCCCCc1ccc2ccccc2c1CCCCCCCCCCCCC.O=S(=O)(O)O. The van der Waals surface area contributed by atoms with E-state index in [9.17, 15) is 0 Å². The van der Waals surface area contributed by atoms with E-state index in [-0.39, 0.29) is 0 Å². The maximum absolute atomic E-state index is 8.74. The molecule has 41 heavy (non-hydrogen) atoms. The van der Waals surface area contributed by atoms with Crippen LogP contribution < -0.4 is 0 Å². The van der Waals surface area contributed by atoms with Crippen molar-refractivity contribution in [1.82, 2.24) is 0 Å². The monoisotopic (exact) mass is 590 g/mol. The molecule has 0 unspecified atom stereocenters. The van der Waals surface area contributed by atoms with Gasteiger partial charge in [-0.15, -0.1) is 0 Å². The molecule has 2 rings (SSSR count). The Balaban J connectivity index is 0.00000154. The fraction of sp³-hybridized carbons (Fsp3) is 0.722. The summed E-state index contributed by atoms with van der Waals surface area (Å²) in [6.45, 7) is 4.61. The van der Waals surface area contributed by atoms with Gasteiger partial charge in [0.2, 0.25) is 0 Å². The third kappa shape index (κ3) is 21.9. The standard InChI is InChI=1S/C36H60.H2O4S/c1-3-5-7-9-11-13-15-17-19-21-23-27-33-31-32-34-28-25-26-30-36(34)35(33)29-24-22-20-18-16-14-12-10-8-6-4-2;1-5(2,3)4/h25-26,28,30-32H,3-24,27,29H2,1-2H3;(H2,1,2,3,4). The Morgan fingerprint density at radius 3 is 1.29 bits per heavy atom. The second-order valence-corrected chi connectivity index (χ2v) is 12.8. The van der Waals surface area contributed by atoms with E-state index in [1.54, 1.807) is 11.1 Å². The molecule has 0 saturated carbocycles. The zero-order valence-electron chi connectivity index (χ0n) is 26.6. The molecule has 0 aliphatic heterocycles. The molecule has 5 heteroatoms. The summed E-state index contributed by atoms with van der Waals surface area (Å²) >= 11 is 0. The predicted octanol–water partition coefficient (Wildman–Crippen LogP) is 11.9. The van der Waals surface area contributed by atoms with Gasteiger partial charge in [0.1, 0.15) is 0 Å². The number of hydrogen-bond acceptors (Lipinski definition) is 2. The maximum atomic E-state index is 8.74. The highest BCUT2D eigenvalue weighted by Gasteiger charge is 2.08. The van der Waals surface area contributed by atoms with Gasteiger partial charge in [0.05, 0.1) is 0 Å². The summed E-state index contributed by atoms with van der Waals surface area (Å²) in [7, 11) is -4.67. The third-order valence-electron chi connectivity index (χ3n) is 8.22. The van der Waals surface area contributed by atoms with Crippen molar-refractivity contribution in [3.8, 4) is 0 Å². The average molecular weight is 591 g/mol. The van der Waals surface area contributed by atoms with Crippen LogP contribution in [-0.4, -0.2) is 17.5 Å². The molecule has 0 aliphatic carbocycles. The first-order valence-corrected chi connectivity index (χ1v) is 18.5. The van der Waals surface area contributed by atoms with Gasteiger partial charge in [0.25, 0.3) is 0 Å². The lowest BCUT2D eigenvalue weighted by Gasteiger charge is -2.14. The summed E-state index contributed by atoms with van der Waals surface area (Å²) in [5, 5.41) is 2.95. The highest BCUT2D eigenvalue weighted by molar-refractivity contribution is 7.79. The topological polar surface area (TPSA) is 74.6 Å². The Labute approximate surface area is 253 Å². The van der Waals surface area contributed by atoms with E-state index in [2.05, 4.69) is 50.2 Å². The van der Waals surface area contributed by atoms with Crippen LogP contribution in [-0.2, 0) is 23.2 Å². The maximum Gasteiger partial charge on any atom is 0.394 e. The fourth-order valence-corrected chi connectivity index (χ4v) is 5.86. The minimum absolute atomic E-state index is 1.27. The molecular weight excluding hydrogens is 528 g/mol. The normalized spacial score (nSPS) is 11.5. The highest BCUT2D eigenvalue weighted by Crippen LogP contribution is 2.26. The molecule has 0 atom stereocenters. The smallest absolute Gasteiger partial charge is 0.264 e. The van der Waals surface area contributed by atoms with Gasteiger partial charge < -0.3 is 0 Å². The molecule has 0 heterocycles. The van der Waals surface area contributed by atoms with Crippen LogP contribution in [0.25, 0.3) is 10.8 Å². The number of rotatable bonds is 24. The molecule has 2 aromatic carbocycles. The van der Waals surface area contributed by atoms with Gasteiger partial charge in [-0.3, -0.25) is 9.11 Å². The Hall–Kier alpha value is -1.43. The summed E-state index contributed by atoms with van der Waals surface area (Å²) < 4.78 is 31.6. The van der Waals surface area contributed by atoms with E-state index in [0.29, 0.717) is 0 Å². The van der Waals surface area contributed by atoms with Crippen molar-refractivity contribution in [2.24, 2.45) is 0 Å². The molecule has 0 amide bonds. The Morgan fingerprint density at radius 1 is 0.488 bits per heavy atom.